The molecule has 9 heteroatoms. The second kappa shape index (κ2) is 5.91. The number of benzene rings is 1. The van der Waals surface area contributed by atoms with Crippen molar-refractivity contribution in [2.24, 2.45) is 7.05 Å². The average Bonchev–Trinajstić information content (AvgIpc) is 3.36. The van der Waals surface area contributed by atoms with Crippen LogP contribution in [0.2, 0.25) is 0 Å². The molecule has 4 rings (SSSR count). The molecule has 0 bridgehead atoms. The van der Waals surface area contributed by atoms with Gasteiger partial charge in [-0.15, -0.1) is 0 Å². The Morgan fingerprint density at radius 3 is 2.56 bits per heavy atom. The monoisotopic (exact) mass is 381 g/mol. The number of hydrogen-bond donors (Lipinski definition) is 1. The van der Waals surface area contributed by atoms with Crippen LogP contribution in [-0.2, 0) is 13.2 Å². The lowest BCUT2D eigenvalue weighted by atomic mass is 10.0. The standard InChI is InChI=1S/C18H15F4N3O2/c1-24-15(11-6-7-25(10-3-4-10)17(27)14(11)23-24)16(26)9-2-5-12(13(19)8-9)18(20,21)22/h2,5-8,10,16,26H,3-4H2,1H3. The van der Waals surface area contributed by atoms with Crippen molar-refractivity contribution < 1.29 is 22.7 Å². The van der Waals surface area contributed by atoms with E-state index in [1.54, 1.807) is 16.8 Å². The maximum absolute atomic E-state index is 13.9. The number of aromatic nitrogens is 3. The molecule has 1 N–H and O–H groups in total. The minimum atomic E-state index is -4.82. The highest BCUT2D eigenvalue weighted by molar-refractivity contribution is 5.81. The van der Waals surface area contributed by atoms with Crippen LogP contribution >= 0.6 is 0 Å². The predicted molar refractivity (Wildman–Crippen MR) is 88.7 cm³/mol. The molecule has 5 nitrogen and oxygen atoms in total. The number of aliphatic hydroxyl groups is 1. The average molecular weight is 381 g/mol. The molecule has 142 valence electrons. The zero-order valence-corrected chi connectivity index (χ0v) is 14.2. The first-order chi connectivity index (χ1) is 12.7. The van der Waals surface area contributed by atoms with Gasteiger partial charge in [-0.3, -0.25) is 9.48 Å². The maximum Gasteiger partial charge on any atom is 0.419 e. The highest BCUT2D eigenvalue weighted by Gasteiger charge is 2.34. The summed E-state index contributed by atoms with van der Waals surface area (Å²) in [6.45, 7) is 0. The zero-order valence-electron chi connectivity index (χ0n) is 14.2. The molecule has 27 heavy (non-hydrogen) atoms. The Kier molecular flexibility index (Phi) is 3.88. The summed E-state index contributed by atoms with van der Waals surface area (Å²) in [5.74, 6) is -1.47. The first-order valence-electron chi connectivity index (χ1n) is 8.31. The predicted octanol–water partition coefficient (Wildman–Crippen LogP) is 3.31. The molecule has 1 atom stereocenters. The molecule has 1 aliphatic rings. The van der Waals surface area contributed by atoms with E-state index in [4.69, 9.17) is 0 Å². The Balaban J connectivity index is 1.80. The van der Waals surface area contributed by atoms with E-state index in [9.17, 15) is 27.5 Å². The Hall–Kier alpha value is -2.68. The molecule has 0 spiro atoms. The highest BCUT2D eigenvalue weighted by atomic mass is 19.4. The zero-order chi connectivity index (χ0) is 19.5. The van der Waals surface area contributed by atoms with Crippen LogP contribution in [0.4, 0.5) is 17.6 Å². The Morgan fingerprint density at radius 1 is 1.26 bits per heavy atom. The van der Waals surface area contributed by atoms with E-state index in [1.165, 1.54) is 11.7 Å². The number of fused-ring (bicyclic) bond motifs is 1. The number of pyridine rings is 1. The lowest BCUT2D eigenvalue weighted by Gasteiger charge is -2.14. The molecule has 1 unspecified atom stereocenters. The van der Waals surface area contributed by atoms with Gasteiger partial charge >= 0.3 is 6.18 Å². The molecular weight excluding hydrogens is 366 g/mol. The second-order valence-corrected chi connectivity index (χ2v) is 6.67. The van der Waals surface area contributed by atoms with Gasteiger partial charge in [0, 0.05) is 24.7 Å². The van der Waals surface area contributed by atoms with E-state index in [2.05, 4.69) is 5.10 Å². The molecule has 0 amide bonds. The molecule has 0 aliphatic heterocycles. The van der Waals surface area contributed by atoms with Gasteiger partial charge in [-0.05, 0) is 36.6 Å². The largest absolute Gasteiger partial charge is 0.419 e. The van der Waals surface area contributed by atoms with Crippen molar-refractivity contribution in [2.45, 2.75) is 31.2 Å². The Morgan fingerprint density at radius 2 is 1.96 bits per heavy atom. The maximum atomic E-state index is 13.9. The minimum Gasteiger partial charge on any atom is -0.382 e. The molecule has 0 saturated heterocycles. The van der Waals surface area contributed by atoms with Gasteiger partial charge in [-0.1, -0.05) is 6.07 Å². The Bertz CT molecular complexity index is 1100. The van der Waals surface area contributed by atoms with E-state index in [0.29, 0.717) is 17.5 Å². The summed E-state index contributed by atoms with van der Waals surface area (Å²) >= 11 is 0. The van der Waals surface area contributed by atoms with Crippen molar-refractivity contribution in [1.29, 1.82) is 0 Å². The van der Waals surface area contributed by atoms with Gasteiger partial charge in [0.15, 0.2) is 5.52 Å². The van der Waals surface area contributed by atoms with Gasteiger partial charge in [0.2, 0.25) is 0 Å². The molecule has 1 aromatic carbocycles. The normalized spacial score (nSPS) is 16.1. The van der Waals surface area contributed by atoms with Crippen LogP contribution in [0.25, 0.3) is 10.9 Å². The number of alkyl halides is 3. The van der Waals surface area contributed by atoms with Crippen LogP contribution < -0.4 is 5.56 Å². The molecule has 3 aromatic rings. The van der Waals surface area contributed by atoms with E-state index in [1.807, 2.05) is 0 Å². The third kappa shape index (κ3) is 2.91. The van der Waals surface area contributed by atoms with Gasteiger partial charge in [-0.25, -0.2) is 4.39 Å². The molecule has 1 saturated carbocycles. The van der Waals surface area contributed by atoms with E-state index < -0.39 is 23.7 Å². The first kappa shape index (κ1) is 17.7. The number of rotatable bonds is 3. The van der Waals surface area contributed by atoms with E-state index in [-0.39, 0.29) is 28.4 Å². The van der Waals surface area contributed by atoms with Crippen LogP contribution in [0.3, 0.4) is 0 Å². The highest BCUT2D eigenvalue weighted by Crippen LogP contribution is 2.36. The summed E-state index contributed by atoms with van der Waals surface area (Å²) in [5, 5.41) is 15.2. The summed E-state index contributed by atoms with van der Waals surface area (Å²) in [7, 11) is 1.51. The van der Waals surface area contributed by atoms with Crippen molar-refractivity contribution in [3.63, 3.8) is 0 Å². The fourth-order valence-corrected chi connectivity index (χ4v) is 3.27. The SMILES string of the molecule is Cn1nc2c(=O)n(C3CC3)ccc2c1C(O)c1ccc(C(F)(F)F)c(F)c1. The van der Waals surface area contributed by atoms with Crippen molar-refractivity contribution in [3.05, 3.63) is 63.5 Å². The van der Waals surface area contributed by atoms with Crippen LogP contribution in [-0.4, -0.2) is 19.5 Å². The van der Waals surface area contributed by atoms with Crippen molar-refractivity contribution in [3.8, 4) is 0 Å². The van der Waals surface area contributed by atoms with Gasteiger partial charge in [0.05, 0.1) is 11.3 Å². The van der Waals surface area contributed by atoms with E-state index >= 15 is 0 Å². The smallest absolute Gasteiger partial charge is 0.382 e. The van der Waals surface area contributed by atoms with Gasteiger partial charge < -0.3 is 9.67 Å². The quantitative estimate of drug-likeness (QED) is 0.708. The summed E-state index contributed by atoms with van der Waals surface area (Å²) in [4.78, 5) is 12.6. The van der Waals surface area contributed by atoms with Gasteiger partial charge in [-0.2, -0.15) is 18.3 Å². The third-order valence-corrected chi connectivity index (χ3v) is 4.78. The van der Waals surface area contributed by atoms with Crippen LogP contribution in [0, 0.1) is 5.82 Å². The Labute approximate surface area is 150 Å². The third-order valence-electron chi connectivity index (χ3n) is 4.78. The second-order valence-electron chi connectivity index (χ2n) is 6.67. The van der Waals surface area contributed by atoms with Gasteiger partial charge in [0.1, 0.15) is 11.9 Å². The summed E-state index contributed by atoms with van der Waals surface area (Å²) in [6, 6.07) is 4.05. The molecule has 2 aromatic heterocycles. The van der Waals surface area contributed by atoms with Crippen molar-refractivity contribution in [1.82, 2.24) is 14.3 Å². The van der Waals surface area contributed by atoms with Crippen molar-refractivity contribution in [2.75, 3.05) is 0 Å². The topological polar surface area (TPSA) is 60.0 Å². The molecular formula is C18H15F4N3O2. The van der Waals surface area contributed by atoms with Crippen LogP contribution in [0.15, 0.2) is 35.3 Å². The number of aryl methyl sites for hydroxylation is 1. The number of hydrogen-bond acceptors (Lipinski definition) is 3. The fraction of sp³-hybridized carbons (Fsp3) is 0.333. The summed E-state index contributed by atoms with van der Waals surface area (Å²) in [5.41, 5.74) is -1.38. The number of aliphatic hydroxyl groups excluding tert-OH is 1. The summed E-state index contributed by atoms with van der Waals surface area (Å²) in [6.07, 6.45) is -2.81. The first-order valence-corrected chi connectivity index (χ1v) is 8.31. The fourth-order valence-electron chi connectivity index (χ4n) is 3.27. The molecule has 2 heterocycles. The number of halogens is 4. The van der Waals surface area contributed by atoms with E-state index in [0.717, 1.165) is 18.9 Å². The molecule has 1 aliphatic carbocycles. The lowest BCUT2D eigenvalue weighted by Crippen LogP contribution is -2.18. The summed E-state index contributed by atoms with van der Waals surface area (Å²) < 4.78 is 54.9. The molecule has 0 radical (unpaired) electrons. The van der Waals surface area contributed by atoms with Crippen molar-refractivity contribution >= 4 is 10.9 Å². The van der Waals surface area contributed by atoms with Gasteiger partial charge in [0.25, 0.3) is 5.56 Å². The molecule has 1 fully saturated rings. The van der Waals surface area contributed by atoms with Crippen LogP contribution in [0.1, 0.15) is 41.8 Å². The lowest BCUT2D eigenvalue weighted by molar-refractivity contribution is -0.140. The minimum absolute atomic E-state index is 0.0585. The van der Waals surface area contributed by atoms with Crippen LogP contribution in [0.5, 0.6) is 0 Å². The number of nitrogens with zero attached hydrogens (tertiary/aromatic N) is 3.